The number of hydrogen-bond acceptors (Lipinski definition) is 3. The van der Waals surface area contributed by atoms with Crippen LogP contribution in [0.3, 0.4) is 0 Å². The zero-order valence-corrected chi connectivity index (χ0v) is 11.6. The molecule has 2 fully saturated rings. The molecule has 2 aliphatic carbocycles. The minimum Gasteiger partial charge on any atom is -0.347 e. The molecule has 0 amide bonds. The predicted molar refractivity (Wildman–Crippen MR) is 72.6 cm³/mol. The maximum atomic E-state index is 12.1. The largest absolute Gasteiger partial charge is 0.347 e. The third kappa shape index (κ3) is 1.75. The van der Waals surface area contributed by atoms with Gasteiger partial charge >= 0.3 is 0 Å². The summed E-state index contributed by atoms with van der Waals surface area (Å²) in [6, 6.07) is 0. The molecule has 1 aliphatic heterocycles. The molecule has 3 aliphatic rings. The van der Waals surface area contributed by atoms with Gasteiger partial charge in [-0.15, -0.1) is 0 Å². The molecule has 0 radical (unpaired) electrons. The van der Waals surface area contributed by atoms with Gasteiger partial charge in [0.05, 0.1) is 13.2 Å². The minimum absolute atomic E-state index is 0.0750. The van der Waals surface area contributed by atoms with Crippen LogP contribution in [0.5, 0.6) is 0 Å². The molecular formula is C16H22O3. The Balaban J connectivity index is 1.99. The van der Waals surface area contributed by atoms with Crippen LogP contribution in [0, 0.1) is 11.3 Å². The first-order valence-corrected chi connectivity index (χ1v) is 7.28. The molecule has 3 heteroatoms. The molecule has 0 aromatic rings. The number of allylic oxidation sites excluding steroid dienone is 3. The van der Waals surface area contributed by atoms with E-state index in [1.165, 1.54) is 6.08 Å². The van der Waals surface area contributed by atoms with Crippen LogP contribution >= 0.6 is 0 Å². The summed E-state index contributed by atoms with van der Waals surface area (Å²) in [5.74, 6) is -0.138. The molecular weight excluding hydrogens is 240 g/mol. The average molecular weight is 262 g/mol. The first-order valence-electron chi connectivity index (χ1n) is 7.28. The second kappa shape index (κ2) is 4.57. The van der Waals surface area contributed by atoms with Crippen molar-refractivity contribution in [3.05, 3.63) is 24.3 Å². The van der Waals surface area contributed by atoms with Crippen molar-refractivity contribution in [2.75, 3.05) is 13.2 Å². The highest BCUT2D eigenvalue weighted by atomic mass is 16.7. The van der Waals surface area contributed by atoms with Gasteiger partial charge in [-0.2, -0.15) is 0 Å². The van der Waals surface area contributed by atoms with Gasteiger partial charge < -0.3 is 9.47 Å². The van der Waals surface area contributed by atoms with Crippen LogP contribution in [0.4, 0.5) is 0 Å². The van der Waals surface area contributed by atoms with Crippen LogP contribution in [-0.4, -0.2) is 24.8 Å². The van der Waals surface area contributed by atoms with Gasteiger partial charge in [-0.3, -0.25) is 4.79 Å². The van der Waals surface area contributed by atoms with Crippen molar-refractivity contribution in [3.63, 3.8) is 0 Å². The first kappa shape index (κ1) is 13.1. The maximum absolute atomic E-state index is 12.1. The summed E-state index contributed by atoms with van der Waals surface area (Å²) in [4.78, 5) is 12.1. The van der Waals surface area contributed by atoms with Gasteiger partial charge in [-0.25, -0.2) is 0 Å². The fourth-order valence-corrected chi connectivity index (χ4v) is 4.26. The fraction of sp³-hybridized carbons (Fsp3) is 0.688. The number of carbonyl (C=O) groups excluding carboxylic acids is 1. The van der Waals surface area contributed by atoms with Gasteiger partial charge in [0, 0.05) is 11.8 Å². The molecule has 1 heterocycles. The monoisotopic (exact) mass is 262 g/mol. The average Bonchev–Trinajstić information content (AvgIpc) is 2.89. The van der Waals surface area contributed by atoms with E-state index in [4.69, 9.17) is 9.47 Å². The van der Waals surface area contributed by atoms with Crippen molar-refractivity contribution >= 4 is 5.78 Å². The first-order chi connectivity index (χ1) is 9.13. The smallest absolute Gasteiger partial charge is 0.181 e. The van der Waals surface area contributed by atoms with E-state index in [1.54, 1.807) is 0 Å². The van der Waals surface area contributed by atoms with Crippen LogP contribution in [0.1, 0.15) is 39.0 Å². The lowest BCUT2D eigenvalue weighted by Crippen LogP contribution is -2.56. The van der Waals surface area contributed by atoms with E-state index >= 15 is 0 Å². The Morgan fingerprint density at radius 2 is 2.16 bits per heavy atom. The van der Waals surface area contributed by atoms with E-state index in [-0.39, 0.29) is 17.1 Å². The van der Waals surface area contributed by atoms with E-state index in [9.17, 15) is 4.79 Å². The van der Waals surface area contributed by atoms with Gasteiger partial charge in [-0.1, -0.05) is 19.6 Å². The van der Waals surface area contributed by atoms with Gasteiger partial charge in [0.1, 0.15) is 0 Å². The summed E-state index contributed by atoms with van der Waals surface area (Å²) in [6.45, 7) is 7.23. The van der Waals surface area contributed by atoms with Crippen LogP contribution in [0.2, 0.25) is 0 Å². The lowest BCUT2D eigenvalue weighted by molar-refractivity contribution is -0.266. The zero-order valence-electron chi connectivity index (χ0n) is 11.6. The molecule has 3 rings (SSSR count). The zero-order chi connectivity index (χ0) is 13.5. The molecule has 0 aromatic heterocycles. The maximum Gasteiger partial charge on any atom is 0.181 e. The molecule has 1 saturated carbocycles. The Morgan fingerprint density at radius 1 is 1.42 bits per heavy atom. The van der Waals surface area contributed by atoms with E-state index < -0.39 is 5.79 Å². The lowest BCUT2D eigenvalue weighted by atomic mass is 9.56. The van der Waals surface area contributed by atoms with E-state index in [0.29, 0.717) is 13.2 Å². The van der Waals surface area contributed by atoms with Crippen LogP contribution < -0.4 is 0 Å². The summed E-state index contributed by atoms with van der Waals surface area (Å²) in [6.07, 6.45) is 8.57. The highest BCUT2D eigenvalue weighted by molar-refractivity contribution is 6.04. The predicted octanol–water partition coefficient (Wildman–Crippen LogP) is 3.01. The third-order valence-corrected chi connectivity index (χ3v) is 5.26. The Labute approximate surface area is 114 Å². The standard InChI is InChI=1S/C16H22O3/c1-3-14(17)12-6-4-8-15(2)13(12)7-5-9-16(15)18-10-11-19-16/h3,6,13H,1,4-5,7-11H2,2H3/t13-,15-/m1/s1. The normalized spacial score (nSPS) is 36.7. The van der Waals surface area contributed by atoms with E-state index in [2.05, 4.69) is 19.6 Å². The summed E-state index contributed by atoms with van der Waals surface area (Å²) >= 11 is 0. The highest BCUT2D eigenvalue weighted by Gasteiger charge is 2.59. The van der Waals surface area contributed by atoms with Gasteiger partial charge in [-0.05, 0) is 43.3 Å². The van der Waals surface area contributed by atoms with E-state index in [0.717, 1.165) is 37.7 Å². The Bertz CT molecular complexity index is 431. The van der Waals surface area contributed by atoms with Crippen molar-refractivity contribution in [1.82, 2.24) is 0 Å². The second-order valence-corrected chi connectivity index (χ2v) is 6.08. The summed E-state index contributed by atoms with van der Waals surface area (Å²) < 4.78 is 12.1. The van der Waals surface area contributed by atoms with Gasteiger partial charge in [0.2, 0.25) is 0 Å². The van der Waals surface area contributed by atoms with Crippen LogP contribution in [-0.2, 0) is 14.3 Å². The second-order valence-electron chi connectivity index (χ2n) is 6.08. The van der Waals surface area contributed by atoms with Crippen molar-refractivity contribution in [1.29, 1.82) is 0 Å². The molecule has 0 aromatic carbocycles. The Morgan fingerprint density at radius 3 is 2.84 bits per heavy atom. The molecule has 19 heavy (non-hydrogen) atoms. The number of ketones is 1. The van der Waals surface area contributed by atoms with Crippen molar-refractivity contribution in [2.45, 2.75) is 44.8 Å². The molecule has 0 unspecified atom stereocenters. The Kier molecular flexibility index (Phi) is 3.14. The third-order valence-electron chi connectivity index (χ3n) is 5.26. The SMILES string of the molecule is C=CC(=O)C1=CCC[C@]2(C)[C@@H]1CCCC21OCCO1. The number of fused-ring (bicyclic) bond motifs is 2. The molecule has 0 bridgehead atoms. The van der Waals surface area contributed by atoms with Crippen LogP contribution in [0.25, 0.3) is 0 Å². The minimum atomic E-state index is -0.461. The summed E-state index contributed by atoms with van der Waals surface area (Å²) in [7, 11) is 0. The molecule has 0 N–H and O–H groups in total. The van der Waals surface area contributed by atoms with Gasteiger partial charge in [0.25, 0.3) is 0 Å². The molecule has 3 nitrogen and oxygen atoms in total. The van der Waals surface area contributed by atoms with Crippen LogP contribution in [0.15, 0.2) is 24.3 Å². The number of carbonyl (C=O) groups is 1. The topological polar surface area (TPSA) is 35.5 Å². The molecule has 1 saturated heterocycles. The van der Waals surface area contributed by atoms with Crippen molar-refractivity contribution < 1.29 is 14.3 Å². The van der Waals surface area contributed by atoms with Crippen molar-refractivity contribution in [2.24, 2.45) is 11.3 Å². The highest BCUT2D eigenvalue weighted by Crippen LogP contribution is 2.58. The number of hydrogen-bond donors (Lipinski definition) is 0. The fourth-order valence-electron chi connectivity index (χ4n) is 4.26. The number of ether oxygens (including phenoxy) is 2. The molecule has 104 valence electrons. The summed E-state index contributed by atoms with van der Waals surface area (Å²) in [5.41, 5.74) is 0.853. The quantitative estimate of drug-likeness (QED) is 0.718. The summed E-state index contributed by atoms with van der Waals surface area (Å²) in [5, 5.41) is 0. The van der Waals surface area contributed by atoms with Gasteiger partial charge in [0.15, 0.2) is 11.6 Å². The van der Waals surface area contributed by atoms with E-state index in [1.807, 2.05) is 0 Å². The molecule has 1 spiro atoms. The Hall–Kier alpha value is -0.930. The molecule has 2 atom stereocenters. The number of rotatable bonds is 2. The lowest BCUT2D eigenvalue weighted by Gasteiger charge is -2.54. The van der Waals surface area contributed by atoms with Crippen molar-refractivity contribution in [3.8, 4) is 0 Å².